The Balaban J connectivity index is 1.63. The molecule has 0 aliphatic heterocycles. The molecule has 1 N–H and O–H groups in total. The summed E-state index contributed by atoms with van der Waals surface area (Å²) in [4.78, 5) is 28.3. The highest BCUT2D eigenvalue weighted by molar-refractivity contribution is 6.04. The molecular weight excluding hydrogens is 342 g/mol. The van der Waals surface area contributed by atoms with Gasteiger partial charge < -0.3 is 10.1 Å². The predicted octanol–water partition coefficient (Wildman–Crippen LogP) is 3.56. The zero-order chi connectivity index (χ0) is 19.1. The first-order chi connectivity index (χ1) is 13.2. The van der Waals surface area contributed by atoms with E-state index in [1.165, 1.54) is 6.20 Å². The molecule has 0 fully saturated rings. The molecular formula is C21H15N3O3. The van der Waals surface area contributed by atoms with E-state index in [1.54, 1.807) is 66.9 Å². The standard InChI is InChI=1S/C21H15N3O3/c22-12-15-6-8-16(9-7-15)14-27-21(26)17-3-1-5-19(11-17)24-20(25)18-4-2-10-23-13-18/h1-11,13H,14H2,(H,24,25). The fourth-order valence-electron chi connectivity index (χ4n) is 2.33. The smallest absolute Gasteiger partial charge is 0.338 e. The SMILES string of the molecule is N#Cc1ccc(COC(=O)c2cccc(NC(=O)c3cccnc3)c2)cc1. The summed E-state index contributed by atoms with van der Waals surface area (Å²) in [6, 6.07) is 18.7. The molecule has 0 atom stereocenters. The second-order valence-corrected chi connectivity index (χ2v) is 5.66. The van der Waals surface area contributed by atoms with Gasteiger partial charge in [0.1, 0.15) is 6.61 Å². The van der Waals surface area contributed by atoms with E-state index in [9.17, 15) is 9.59 Å². The summed E-state index contributed by atoms with van der Waals surface area (Å²) in [7, 11) is 0. The van der Waals surface area contributed by atoms with Crippen molar-refractivity contribution in [3.05, 3.63) is 95.3 Å². The highest BCUT2D eigenvalue weighted by Crippen LogP contribution is 2.14. The summed E-state index contributed by atoms with van der Waals surface area (Å²) in [5, 5.41) is 11.5. The lowest BCUT2D eigenvalue weighted by Gasteiger charge is -2.08. The molecule has 27 heavy (non-hydrogen) atoms. The molecule has 0 bridgehead atoms. The Hall–Kier alpha value is -3.98. The number of rotatable bonds is 5. The molecule has 0 unspecified atom stereocenters. The first kappa shape index (κ1) is 17.8. The second kappa shape index (κ2) is 8.41. The van der Waals surface area contributed by atoms with Gasteiger partial charge in [-0.05, 0) is 48.0 Å². The molecule has 0 aliphatic carbocycles. The van der Waals surface area contributed by atoms with Crippen molar-refractivity contribution in [2.45, 2.75) is 6.61 Å². The van der Waals surface area contributed by atoms with Crippen LogP contribution in [-0.4, -0.2) is 16.9 Å². The highest BCUT2D eigenvalue weighted by Gasteiger charge is 2.11. The number of nitrogens with one attached hydrogen (secondary N) is 1. The summed E-state index contributed by atoms with van der Waals surface area (Å²) >= 11 is 0. The van der Waals surface area contributed by atoms with Crippen LogP contribution >= 0.6 is 0 Å². The van der Waals surface area contributed by atoms with Crippen molar-refractivity contribution in [2.75, 3.05) is 5.32 Å². The minimum Gasteiger partial charge on any atom is -0.457 e. The van der Waals surface area contributed by atoms with Crippen LogP contribution in [0.1, 0.15) is 31.8 Å². The lowest BCUT2D eigenvalue weighted by Crippen LogP contribution is -2.13. The number of amides is 1. The van der Waals surface area contributed by atoms with Crippen molar-refractivity contribution in [3.8, 4) is 6.07 Å². The van der Waals surface area contributed by atoms with Gasteiger partial charge in [-0.2, -0.15) is 5.26 Å². The lowest BCUT2D eigenvalue weighted by atomic mass is 10.1. The van der Waals surface area contributed by atoms with Gasteiger partial charge in [0, 0.05) is 18.1 Å². The number of pyridine rings is 1. The predicted molar refractivity (Wildman–Crippen MR) is 98.9 cm³/mol. The van der Waals surface area contributed by atoms with Gasteiger partial charge in [-0.15, -0.1) is 0 Å². The number of hydrogen-bond acceptors (Lipinski definition) is 5. The van der Waals surface area contributed by atoms with E-state index < -0.39 is 5.97 Å². The zero-order valence-electron chi connectivity index (χ0n) is 14.3. The molecule has 2 aromatic carbocycles. The van der Waals surface area contributed by atoms with Crippen molar-refractivity contribution in [2.24, 2.45) is 0 Å². The minimum atomic E-state index is -0.503. The third-order valence-corrected chi connectivity index (χ3v) is 3.73. The van der Waals surface area contributed by atoms with Crippen LogP contribution in [0.2, 0.25) is 0 Å². The highest BCUT2D eigenvalue weighted by atomic mass is 16.5. The average molecular weight is 357 g/mol. The summed E-state index contributed by atoms with van der Waals surface area (Å²) in [6.07, 6.45) is 3.05. The van der Waals surface area contributed by atoms with Crippen LogP contribution in [0.5, 0.6) is 0 Å². The fraction of sp³-hybridized carbons (Fsp3) is 0.0476. The summed E-state index contributed by atoms with van der Waals surface area (Å²) in [5.74, 6) is -0.817. The molecule has 132 valence electrons. The van der Waals surface area contributed by atoms with E-state index in [4.69, 9.17) is 10.00 Å². The monoisotopic (exact) mass is 357 g/mol. The average Bonchev–Trinajstić information content (AvgIpc) is 2.73. The van der Waals surface area contributed by atoms with Gasteiger partial charge in [0.05, 0.1) is 22.8 Å². The molecule has 3 rings (SSSR count). The molecule has 0 aliphatic rings. The van der Waals surface area contributed by atoms with E-state index in [0.29, 0.717) is 22.4 Å². The van der Waals surface area contributed by atoms with Crippen LogP contribution in [0.25, 0.3) is 0 Å². The van der Waals surface area contributed by atoms with Gasteiger partial charge in [0.2, 0.25) is 0 Å². The maximum atomic E-state index is 12.3. The van der Waals surface area contributed by atoms with Gasteiger partial charge >= 0.3 is 5.97 Å². The normalized spacial score (nSPS) is 9.89. The molecule has 1 amide bonds. The van der Waals surface area contributed by atoms with Crippen LogP contribution in [0.4, 0.5) is 5.69 Å². The van der Waals surface area contributed by atoms with Gasteiger partial charge in [-0.25, -0.2) is 4.79 Å². The molecule has 6 nitrogen and oxygen atoms in total. The largest absolute Gasteiger partial charge is 0.457 e. The number of aromatic nitrogens is 1. The molecule has 1 heterocycles. The van der Waals surface area contributed by atoms with Crippen LogP contribution in [-0.2, 0) is 11.3 Å². The van der Waals surface area contributed by atoms with Crippen molar-refractivity contribution >= 4 is 17.6 Å². The lowest BCUT2D eigenvalue weighted by molar-refractivity contribution is 0.0472. The van der Waals surface area contributed by atoms with E-state index in [1.807, 2.05) is 6.07 Å². The summed E-state index contributed by atoms with van der Waals surface area (Å²) in [6.45, 7) is 0.0941. The topological polar surface area (TPSA) is 92.1 Å². The van der Waals surface area contributed by atoms with Crippen molar-refractivity contribution in [3.63, 3.8) is 0 Å². The molecule has 0 saturated heterocycles. The first-order valence-electron chi connectivity index (χ1n) is 8.13. The Morgan fingerprint density at radius 1 is 1.04 bits per heavy atom. The number of hydrogen-bond donors (Lipinski definition) is 1. The number of benzene rings is 2. The number of nitrogens with zero attached hydrogens (tertiary/aromatic N) is 2. The second-order valence-electron chi connectivity index (χ2n) is 5.66. The number of ether oxygens (including phenoxy) is 1. The van der Waals surface area contributed by atoms with Crippen molar-refractivity contribution < 1.29 is 14.3 Å². The van der Waals surface area contributed by atoms with Crippen molar-refractivity contribution in [1.29, 1.82) is 5.26 Å². The van der Waals surface area contributed by atoms with Crippen LogP contribution in [0, 0.1) is 11.3 Å². The third kappa shape index (κ3) is 4.77. The Morgan fingerprint density at radius 2 is 1.81 bits per heavy atom. The maximum absolute atomic E-state index is 12.3. The number of carbonyl (C=O) groups excluding carboxylic acids is 2. The number of carbonyl (C=O) groups is 2. The van der Waals surface area contributed by atoms with E-state index in [0.717, 1.165) is 5.56 Å². The molecule has 3 aromatic rings. The summed E-state index contributed by atoms with van der Waals surface area (Å²) in [5.41, 5.74) is 2.56. The quantitative estimate of drug-likeness (QED) is 0.705. The Kier molecular flexibility index (Phi) is 5.55. The Labute approximate surface area is 156 Å². The fourth-order valence-corrected chi connectivity index (χ4v) is 2.33. The number of esters is 1. The van der Waals surface area contributed by atoms with Gasteiger partial charge in [-0.3, -0.25) is 9.78 Å². The number of nitriles is 1. The van der Waals surface area contributed by atoms with Crippen molar-refractivity contribution in [1.82, 2.24) is 4.98 Å². The molecule has 0 saturated carbocycles. The third-order valence-electron chi connectivity index (χ3n) is 3.73. The van der Waals surface area contributed by atoms with Gasteiger partial charge in [0.15, 0.2) is 0 Å². The van der Waals surface area contributed by atoms with E-state index in [-0.39, 0.29) is 12.5 Å². The maximum Gasteiger partial charge on any atom is 0.338 e. The molecule has 6 heteroatoms. The van der Waals surface area contributed by atoms with Crippen LogP contribution < -0.4 is 5.32 Å². The molecule has 0 radical (unpaired) electrons. The first-order valence-corrected chi connectivity index (χ1v) is 8.13. The van der Waals surface area contributed by atoms with E-state index in [2.05, 4.69) is 10.3 Å². The van der Waals surface area contributed by atoms with Crippen LogP contribution in [0.3, 0.4) is 0 Å². The van der Waals surface area contributed by atoms with E-state index >= 15 is 0 Å². The Morgan fingerprint density at radius 3 is 2.52 bits per heavy atom. The van der Waals surface area contributed by atoms with Gasteiger partial charge in [-0.1, -0.05) is 18.2 Å². The number of anilines is 1. The van der Waals surface area contributed by atoms with Gasteiger partial charge in [0.25, 0.3) is 5.91 Å². The molecule has 1 aromatic heterocycles. The Bertz CT molecular complexity index is 993. The zero-order valence-corrected chi connectivity index (χ0v) is 14.3. The van der Waals surface area contributed by atoms with Crippen LogP contribution in [0.15, 0.2) is 73.1 Å². The summed E-state index contributed by atoms with van der Waals surface area (Å²) < 4.78 is 5.29. The molecule has 0 spiro atoms. The minimum absolute atomic E-state index is 0.0941.